The molecule has 6 heteroatoms. The number of halogens is 1. The van der Waals surface area contributed by atoms with Gasteiger partial charge in [0.1, 0.15) is 5.82 Å². The van der Waals surface area contributed by atoms with E-state index < -0.39 is 5.92 Å². The smallest absolute Gasteiger partial charge is 0.216 e. The van der Waals surface area contributed by atoms with Gasteiger partial charge in [-0.2, -0.15) is 10.5 Å². The lowest BCUT2D eigenvalue weighted by atomic mass is 10.2. The molecule has 5 nitrogen and oxygen atoms in total. The minimum Gasteiger partial charge on any atom is -0.216 e. The van der Waals surface area contributed by atoms with Crippen molar-refractivity contribution < 1.29 is 0 Å². The topological polar surface area (TPSA) is 86.2 Å². The zero-order valence-corrected chi connectivity index (χ0v) is 7.45. The molecule has 0 aliphatic heterocycles. The molecule has 0 aliphatic carbocycles. The summed E-state index contributed by atoms with van der Waals surface area (Å²) < 4.78 is 0. The van der Waals surface area contributed by atoms with Gasteiger partial charge in [-0.1, -0.05) is 0 Å². The van der Waals surface area contributed by atoms with E-state index >= 15 is 0 Å². The molecule has 13 heavy (non-hydrogen) atoms. The normalized spacial score (nSPS) is 9.31. The van der Waals surface area contributed by atoms with E-state index in [1.165, 1.54) is 0 Å². The van der Waals surface area contributed by atoms with Gasteiger partial charge in [-0.05, 0) is 18.5 Å². The molecule has 0 fully saturated rings. The van der Waals surface area contributed by atoms with Gasteiger partial charge < -0.3 is 0 Å². The maximum absolute atomic E-state index is 8.55. The number of aromatic nitrogens is 3. The second-order valence-electron chi connectivity index (χ2n) is 2.20. The van der Waals surface area contributed by atoms with Gasteiger partial charge in [-0.15, -0.1) is 0 Å². The Morgan fingerprint density at radius 3 is 2.31 bits per heavy atom. The molecule has 0 saturated heterocycles. The van der Waals surface area contributed by atoms with Crippen molar-refractivity contribution in [3.8, 4) is 12.1 Å². The second-order valence-corrected chi connectivity index (χ2v) is 2.54. The summed E-state index contributed by atoms with van der Waals surface area (Å²) in [5.41, 5.74) is 0. The van der Waals surface area contributed by atoms with Crippen molar-refractivity contribution in [3.05, 3.63) is 16.9 Å². The van der Waals surface area contributed by atoms with E-state index in [0.29, 0.717) is 5.82 Å². The summed E-state index contributed by atoms with van der Waals surface area (Å²) in [6.45, 7) is 1.61. The maximum Gasteiger partial charge on any atom is 0.225 e. The Kier molecular flexibility index (Phi) is 2.73. The van der Waals surface area contributed by atoms with E-state index in [1.807, 2.05) is 0 Å². The summed E-state index contributed by atoms with van der Waals surface area (Å²) in [5, 5.41) is 17.1. The standard InChI is InChI=1S/C7H4ClN5/c1-4-11-6(5(2-9)3-10)13-7(8)12-4/h5H,1H3. The van der Waals surface area contributed by atoms with Crippen LogP contribution in [0.1, 0.15) is 17.6 Å². The largest absolute Gasteiger partial charge is 0.225 e. The molecule has 0 amide bonds. The monoisotopic (exact) mass is 193 g/mol. The number of nitriles is 2. The van der Waals surface area contributed by atoms with Crippen LogP contribution in [0.25, 0.3) is 0 Å². The lowest BCUT2D eigenvalue weighted by molar-refractivity contribution is 0.854. The second kappa shape index (κ2) is 3.79. The third-order valence-electron chi connectivity index (χ3n) is 1.25. The highest BCUT2D eigenvalue weighted by Crippen LogP contribution is 2.10. The molecule has 1 heterocycles. The molecule has 0 radical (unpaired) electrons. The summed E-state index contributed by atoms with van der Waals surface area (Å²) in [4.78, 5) is 11.2. The van der Waals surface area contributed by atoms with Crippen molar-refractivity contribution in [2.75, 3.05) is 0 Å². The Hall–Kier alpha value is -1.72. The molecule has 1 aromatic heterocycles. The van der Waals surface area contributed by atoms with Gasteiger partial charge in [0, 0.05) is 0 Å². The number of hydrogen-bond donors (Lipinski definition) is 0. The summed E-state index contributed by atoms with van der Waals surface area (Å²) in [6.07, 6.45) is 0. The Balaban J connectivity index is 3.17. The van der Waals surface area contributed by atoms with Crippen LogP contribution in [-0.4, -0.2) is 15.0 Å². The van der Waals surface area contributed by atoms with Gasteiger partial charge in [0.15, 0.2) is 11.7 Å². The quantitative estimate of drug-likeness (QED) is 0.663. The predicted molar refractivity (Wildman–Crippen MR) is 43.5 cm³/mol. The van der Waals surface area contributed by atoms with Crippen LogP contribution < -0.4 is 0 Å². The first-order valence-electron chi connectivity index (χ1n) is 3.34. The average Bonchev–Trinajstić information content (AvgIpc) is 2.04. The van der Waals surface area contributed by atoms with Gasteiger partial charge in [0.2, 0.25) is 5.28 Å². The fourth-order valence-corrected chi connectivity index (χ4v) is 0.951. The molecule has 0 saturated carbocycles. The molecular weight excluding hydrogens is 190 g/mol. The zero-order valence-electron chi connectivity index (χ0n) is 6.69. The summed E-state index contributed by atoms with van der Waals surface area (Å²) in [5.74, 6) is -0.493. The molecule has 0 bridgehead atoms. The van der Waals surface area contributed by atoms with Crippen LogP contribution in [0.4, 0.5) is 0 Å². The number of aryl methyl sites for hydroxylation is 1. The molecule has 0 atom stereocenters. The van der Waals surface area contributed by atoms with E-state index in [4.69, 9.17) is 22.1 Å². The van der Waals surface area contributed by atoms with Gasteiger partial charge in [-0.3, -0.25) is 0 Å². The fourth-order valence-electron chi connectivity index (χ4n) is 0.742. The molecule has 0 N–H and O–H groups in total. The lowest BCUT2D eigenvalue weighted by Gasteiger charge is -1.99. The van der Waals surface area contributed by atoms with E-state index in [1.54, 1.807) is 19.1 Å². The first-order valence-corrected chi connectivity index (χ1v) is 3.72. The van der Waals surface area contributed by atoms with Crippen LogP contribution in [0.3, 0.4) is 0 Å². The van der Waals surface area contributed by atoms with Crippen molar-refractivity contribution in [2.45, 2.75) is 12.8 Å². The highest BCUT2D eigenvalue weighted by molar-refractivity contribution is 6.28. The van der Waals surface area contributed by atoms with E-state index in [2.05, 4.69) is 15.0 Å². The van der Waals surface area contributed by atoms with Crippen molar-refractivity contribution in [1.29, 1.82) is 10.5 Å². The molecule has 1 aromatic rings. The van der Waals surface area contributed by atoms with Crippen molar-refractivity contribution >= 4 is 11.6 Å². The predicted octanol–water partition coefficient (Wildman–Crippen LogP) is 0.964. The lowest BCUT2D eigenvalue weighted by Crippen LogP contribution is -2.04. The summed E-state index contributed by atoms with van der Waals surface area (Å²) in [6, 6.07) is 3.50. The van der Waals surface area contributed by atoms with Crippen LogP contribution in [-0.2, 0) is 0 Å². The Labute approximate surface area is 79.6 Å². The highest BCUT2D eigenvalue weighted by Gasteiger charge is 2.14. The van der Waals surface area contributed by atoms with Crippen LogP contribution >= 0.6 is 11.6 Å². The average molecular weight is 194 g/mol. The molecule has 0 spiro atoms. The molecule has 0 unspecified atom stereocenters. The Morgan fingerprint density at radius 1 is 1.23 bits per heavy atom. The van der Waals surface area contributed by atoms with Gasteiger partial charge in [0.05, 0.1) is 12.1 Å². The number of nitrogens with zero attached hydrogens (tertiary/aromatic N) is 5. The first kappa shape index (κ1) is 9.37. The number of hydrogen-bond acceptors (Lipinski definition) is 5. The van der Waals surface area contributed by atoms with Crippen LogP contribution in [0, 0.1) is 29.6 Å². The maximum atomic E-state index is 8.55. The fraction of sp³-hybridized carbons (Fsp3) is 0.286. The molecule has 1 rings (SSSR count). The van der Waals surface area contributed by atoms with Crippen molar-refractivity contribution in [2.24, 2.45) is 0 Å². The Morgan fingerprint density at radius 2 is 1.85 bits per heavy atom. The first-order chi connectivity index (χ1) is 6.17. The van der Waals surface area contributed by atoms with Gasteiger partial charge in [0.25, 0.3) is 0 Å². The molecule has 0 aromatic carbocycles. The third-order valence-corrected chi connectivity index (χ3v) is 1.42. The molecular formula is C7H4ClN5. The van der Waals surface area contributed by atoms with Gasteiger partial charge >= 0.3 is 0 Å². The molecule has 0 aliphatic rings. The van der Waals surface area contributed by atoms with Crippen molar-refractivity contribution in [1.82, 2.24) is 15.0 Å². The summed E-state index contributed by atoms with van der Waals surface area (Å²) in [7, 11) is 0. The molecule has 64 valence electrons. The number of rotatable bonds is 1. The highest BCUT2D eigenvalue weighted by atomic mass is 35.5. The zero-order chi connectivity index (χ0) is 9.84. The van der Waals surface area contributed by atoms with Crippen LogP contribution in [0.15, 0.2) is 0 Å². The van der Waals surface area contributed by atoms with Crippen LogP contribution in [0.2, 0.25) is 5.28 Å². The Bertz CT molecular complexity index is 368. The van der Waals surface area contributed by atoms with E-state index in [0.717, 1.165) is 0 Å². The summed E-state index contributed by atoms with van der Waals surface area (Å²) >= 11 is 5.53. The minimum absolute atomic E-state index is 0.00185. The van der Waals surface area contributed by atoms with E-state index in [-0.39, 0.29) is 11.1 Å². The van der Waals surface area contributed by atoms with E-state index in [9.17, 15) is 0 Å². The third kappa shape index (κ3) is 2.11. The SMILES string of the molecule is Cc1nc(Cl)nc(C(C#N)C#N)n1. The van der Waals surface area contributed by atoms with Crippen LogP contribution in [0.5, 0.6) is 0 Å². The van der Waals surface area contributed by atoms with Crippen molar-refractivity contribution in [3.63, 3.8) is 0 Å². The van der Waals surface area contributed by atoms with Gasteiger partial charge in [-0.25, -0.2) is 15.0 Å². The minimum atomic E-state index is -0.987.